The average molecular weight is 471 g/mol. The number of aryl methyl sites for hydroxylation is 1. The van der Waals surface area contributed by atoms with E-state index in [4.69, 9.17) is 16.6 Å². The van der Waals surface area contributed by atoms with Crippen LogP contribution in [0.2, 0.25) is 5.02 Å². The first-order chi connectivity index (χ1) is 16.5. The highest BCUT2D eigenvalue weighted by Crippen LogP contribution is 2.31. The Balaban J connectivity index is 1.56. The number of nitrogens with one attached hydrogen (secondary N) is 2. The molecule has 1 aromatic heterocycles. The summed E-state index contributed by atoms with van der Waals surface area (Å²) >= 11 is 6.09. The molecule has 0 saturated carbocycles. The van der Waals surface area contributed by atoms with Crippen LogP contribution >= 0.6 is 11.6 Å². The van der Waals surface area contributed by atoms with E-state index in [2.05, 4.69) is 21.0 Å². The highest BCUT2D eigenvalue weighted by Gasteiger charge is 2.32. The number of aliphatic imine (C=N–C) groups is 1. The SMILES string of the molecule is Cc1nnc2n1-c1ccccc1C(c1ccc(Cl)cc1)=NC2C(=O)NNC(=O)c1ccccc1. The molecule has 1 aliphatic heterocycles. The molecule has 3 aromatic carbocycles. The van der Waals surface area contributed by atoms with Gasteiger partial charge in [-0.1, -0.05) is 60.1 Å². The number of aromatic nitrogens is 3. The van der Waals surface area contributed by atoms with Crippen molar-refractivity contribution in [3.05, 3.63) is 112 Å². The number of carbonyl (C=O) groups is 2. The zero-order valence-corrected chi connectivity index (χ0v) is 18.8. The second-order valence-electron chi connectivity index (χ2n) is 7.65. The summed E-state index contributed by atoms with van der Waals surface area (Å²) in [6.07, 6.45) is 0. The third kappa shape index (κ3) is 3.95. The van der Waals surface area contributed by atoms with Gasteiger partial charge in [0.25, 0.3) is 11.8 Å². The van der Waals surface area contributed by atoms with E-state index in [0.717, 1.165) is 16.8 Å². The lowest BCUT2D eigenvalue weighted by molar-refractivity contribution is -0.123. The molecule has 4 aromatic rings. The fraction of sp³-hybridized carbons (Fsp3) is 0.0800. The lowest BCUT2D eigenvalue weighted by Gasteiger charge is -2.13. The molecule has 9 heteroatoms. The molecular formula is C25H19ClN6O2. The van der Waals surface area contributed by atoms with Gasteiger partial charge in [0.15, 0.2) is 11.9 Å². The van der Waals surface area contributed by atoms with Gasteiger partial charge in [0.2, 0.25) is 0 Å². The number of amides is 2. The predicted molar refractivity (Wildman–Crippen MR) is 128 cm³/mol. The molecule has 2 N–H and O–H groups in total. The first kappa shape index (κ1) is 21.5. The highest BCUT2D eigenvalue weighted by atomic mass is 35.5. The third-order valence-corrected chi connectivity index (χ3v) is 5.71. The Labute approximate surface area is 200 Å². The lowest BCUT2D eigenvalue weighted by atomic mass is 10.0. The summed E-state index contributed by atoms with van der Waals surface area (Å²) in [6.45, 7) is 1.81. The molecule has 0 fully saturated rings. The maximum Gasteiger partial charge on any atom is 0.271 e. The van der Waals surface area contributed by atoms with Crippen LogP contribution in [0.25, 0.3) is 5.69 Å². The van der Waals surface area contributed by atoms with Crippen LogP contribution in [0.1, 0.15) is 39.2 Å². The minimum Gasteiger partial charge on any atom is -0.280 e. The van der Waals surface area contributed by atoms with Crippen molar-refractivity contribution in [1.29, 1.82) is 0 Å². The average Bonchev–Trinajstić information content (AvgIpc) is 3.17. The first-order valence-corrected chi connectivity index (χ1v) is 10.9. The number of rotatable bonds is 3. The second-order valence-corrected chi connectivity index (χ2v) is 8.09. The van der Waals surface area contributed by atoms with Gasteiger partial charge in [-0.15, -0.1) is 10.2 Å². The van der Waals surface area contributed by atoms with Crippen molar-refractivity contribution < 1.29 is 9.59 Å². The fourth-order valence-electron chi connectivity index (χ4n) is 3.84. The number of halogens is 1. The Morgan fingerprint density at radius 1 is 0.882 bits per heavy atom. The third-order valence-electron chi connectivity index (χ3n) is 5.45. The minimum atomic E-state index is -1.06. The molecule has 0 aliphatic carbocycles. The summed E-state index contributed by atoms with van der Waals surface area (Å²) in [6, 6.07) is 22.5. The summed E-state index contributed by atoms with van der Waals surface area (Å²) in [4.78, 5) is 30.6. The highest BCUT2D eigenvalue weighted by molar-refractivity contribution is 6.30. The standard InChI is InChI=1S/C25H19ClN6O2/c1-15-28-29-23-22(25(34)31-30-24(33)17-7-3-2-4-8-17)27-21(16-11-13-18(26)14-12-16)19-9-5-6-10-20(19)32(15)23/h2-14,22H,1H3,(H,30,33)(H,31,34). The monoisotopic (exact) mass is 470 g/mol. The van der Waals surface area contributed by atoms with Gasteiger partial charge >= 0.3 is 0 Å². The number of carbonyl (C=O) groups excluding carboxylic acids is 2. The number of hydrazine groups is 1. The van der Waals surface area contributed by atoms with E-state index >= 15 is 0 Å². The van der Waals surface area contributed by atoms with E-state index in [1.807, 2.05) is 47.9 Å². The molecule has 2 amide bonds. The molecule has 8 nitrogen and oxygen atoms in total. The van der Waals surface area contributed by atoms with E-state index in [1.165, 1.54) is 0 Å². The van der Waals surface area contributed by atoms with E-state index in [0.29, 0.717) is 27.9 Å². The van der Waals surface area contributed by atoms with Crippen molar-refractivity contribution in [2.45, 2.75) is 13.0 Å². The first-order valence-electron chi connectivity index (χ1n) is 10.5. The van der Waals surface area contributed by atoms with Gasteiger partial charge in [-0.25, -0.2) is 0 Å². The van der Waals surface area contributed by atoms with Crippen molar-refractivity contribution in [2.24, 2.45) is 4.99 Å². The smallest absolute Gasteiger partial charge is 0.271 e. The van der Waals surface area contributed by atoms with E-state index in [9.17, 15) is 9.59 Å². The van der Waals surface area contributed by atoms with Crippen LogP contribution in [-0.2, 0) is 4.79 Å². The van der Waals surface area contributed by atoms with Gasteiger partial charge in [0.1, 0.15) is 5.82 Å². The predicted octanol–water partition coefficient (Wildman–Crippen LogP) is 3.58. The number of benzene rings is 3. The van der Waals surface area contributed by atoms with E-state index in [-0.39, 0.29) is 0 Å². The fourth-order valence-corrected chi connectivity index (χ4v) is 3.97. The maximum atomic E-state index is 13.3. The molecule has 0 bridgehead atoms. The second kappa shape index (κ2) is 8.92. The van der Waals surface area contributed by atoms with E-state index in [1.54, 1.807) is 42.5 Å². The zero-order chi connectivity index (χ0) is 23.7. The summed E-state index contributed by atoms with van der Waals surface area (Å²) < 4.78 is 1.81. The van der Waals surface area contributed by atoms with Crippen LogP contribution in [0, 0.1) is 6.92 Å². The molecule has 1 atom stereocenters. The summed E-state index contributed by atoms with van der Waals surface area (Å²) in [5.41, 5.74) is 8.38. The van der Waals surface area contributed by atoms with Crippen LogP contribution in [0.4, 0.5) is 0 Å². The summed E-state index contributed by atoms with van der Waals surface area (Å²) in [5, 5.41) is 9.03. The van der Waals surface area contributed by atoms with Crippen LogP contribution in [0.15, 0.2) is 83.9 Å². The number of hydrogen-bond donors (Lipinski definition) is 2. The van der Waals surface area contributed by atoms with Crippen LogP contribution in [-0.4, -0.2) is 32.3 Å². The Morgan fingerprint density at radius 2 is 1.59 bits per heavy atom. The molecule has 0 radical (unpaired) electrons. The maximum absolute atomic E-state index is 13.3. The van der Waals surface area contributed by atoms with Crippen molar-refractivity contribution in [3.63, 3.8) is 0 Å². The molecule has 1 unspecified atom stereocenters. The molecular weight excluding hydrogens is 452 g/mol. The van der Waals surface area contributed by atoms with Gasteiger partial charge < -0.3 is 0 Å². The topological polar surface area (TPSA) is 101 Å². The number of hydrogen-bond acceptors (Lipinski definition) is 5. The molecule has 5 rings (SSSR count). The van der Waals surface area contributed by atoms with Gasteiger partial charge in [-0.3, -0.25) is 30.0 Å². The number of para-hydroxylation sites is 1. The molecule has 0 spiro atoms. The Kier molecular flexibility index (Phi) is 5.65. The van der Waals surface area contributed by atoms with Crippen LogP contribution in [0.3, 0.4) is 0 Å². The van der Waals surface area contributed by atoms with Crippen LogP contribution in [0.5, 0.6) is 0 Å². The van der Waals surface area contributed by atoms with Crippen molar-refractivity contribution in [3.8, 4) is 5.69 Å². The largest absolute Gasteiger partial charge is 0.280 e. The van der Waals surface area contributed by atoms with Crippen LogP contribution < -0.4 is 10.9 Å². The van der Waals surface area contributed by atoms with Gasteiger partial charge in [0, 0.05) is 21.7 Å². The number of nitrogens with zero attached hydrogens (tertiary/aromatic N) is 4. The van der Waals surface area contributed by atoms with Crippen molar-refractivity contribution >= 4 is 29.1 Å². The molecule has 0 saturated heterocycles. The number of fused-ring (bicyclic) bond motifs is 3. The molecule has 168 valence electrons. The van der Waals surface area contributed by atoms with Gasteiger partial charge in [-0.05, 0) is 37.3 Å². The van der Waals surface area contributed by atoms with Gasteiger partial charge in [-0.2, -0.15) is 0 Å². The summed E-state index contributed by atoms with van der Waals surface area (Å²) in [7, 11) is 0. The molecule has 2 heterocycles. The lowest BCUT2D eigenvalue weighted by Crippen LogP contribution is -2.44. The van der Waals surface area contributed by atoms with Gasteiger partial charge in [0.05, 0.1) is 11.4 Å². The normalized spacial score (nSPS) is 14.3. The Hall–Kier alpha value is -4.30. The summed E-state index contributed by atoms with van der Waals surface area (Å²) in [5.74, 6) is -0.0240. The Morgan fingerprint density at radius 3 is 2.35 bits per heavy atom. The molecule has 34 heavy (non-hydrogen) atoms. The van der Waals surface area contributed by atoms with Crippen molar-refractivity contribution in [1.82, 2.24) is 25.6 Å². The zero-order valence-electron chi connectivity index (χ0n) is 18.1. The quantitative estimate of drug-likeness (QED) is 0.447. The van der Waals surface area contributed by atoms with E-state index < -0.39 is 17.9 Å². The molecule has 1 aliphatic rings. The Bertz CT molecular complexity index is 1410. The van der Waals surface area contributed by atoms with Crippen molar-refractivity contribution in [2.75, 3.05) is 0 Å². The minimum absolute atomic E-state index is 0.348.